The zero-order valence-corrected chi connectivity index (χ0v) is 22.6. The molecule has 1 aromatic carbocycles. The summed E-state index contributed by atoms with van der Waals surface area (Å²) in [6, 6.07) is 7.01. The lowest BCUT2D eigenvalue weighted by molar-refractivity contribution is -0.123. The van der Waals surface area contributed by atoms with Gasteiger partial charge < -0.3 is 23.9 Å². The van der Waals surface area contributed by atoms with Crippen LogP contribution in [-0.4, -0.2) is 62.2 Å². The van der Waals surface area contributed by atoms with Crippen LogP contribution in [0.5, 0.6) is 17.2 Å². The summed E-state index contributed by atoms with van der Waals surface area (Å²) < 4.78 is 21.7. The predicted molar refractivity (Wildman–Crippen MR) is 142 cm³/mol. The first-order valence-electron chi connectivity index (χ1n) is 12.6. The van der Waals surface area contributed by atoms with Gasteiger partial charge in [-0.1, -0.05) is 0 Å². The number of nitrogens with zero attached hydrogens (tertiary/aromatic N) is 2. The number of carbonyl (C=O) groups excluding carboxylic acids is 2. The average Bonchev–Trinajstić information content (AvgIpc) is 3.69. The third kappa shape index (κ3) is 5.48. The predicted octanol–water partition coefficient (Wildman–Crippen LogP) is 3.82. The van der Waals surface area contributed by atoms with Crippen molar-refractivity contribution in [2.24, 2.45) is 0 Å². The van der Waals surface area contributed by atoms with Gasteiger partial charge in [0, 0.05) is 42.7 Å². The number of hydrogen-bond donors (Lipinski definition) is 2. The fourth-order valence-corrected chi connectivity index (χ4v) is 6.21. The van der Waals surface area contributed by atoms with Crippen LogP contribution in [0.25, 0.3) is 0 Å². The number of nitrogens with one attached hydrogen (secondary N) is 2. The molecule has 2 aromatic heterocycles. The maximum atomic E-state index is 13.4. The van der Waals surface area contributed by atoms with Gasteiger partial charge in [0.25, 0.3) is 5.91 Å². The minimum Gasteiger partial charge on any atom is -0.496 e. The van der Waals surface area contributed by atoms with E-state index in [-0.39, 0.29) is 29.5 Å². The summed E-state index contributed by atoms with van der Waals surface area (Å²) in [6.45, 7) is 2.21. The minimum atomic E-state index is -0.349. The van der Waals surface area contributed by atoms with Gasteiger partial charge in [0.2, 0.25) is 5.91 Å². The number of hydrogen-bond acceptors (Lipinski definition) is 9. The summed E-state index contributed by atoms with van der Waals surface area (Å²) in [6.07, 6.45) is 4.82. The van der Waals surface area contributed by atoms with E-state index >= 15 is 0 Å². The number of thiazole rings is 1. The quantitative estimate of drug-likeness (QED) is 0.421. The summed E-state index contributed by atoms with van der Waals surface area (Å²) in [5.41, 5.74) is 1.72. The Balaban J connectivity index is 1.21. The molecule has 0 spiro atoms. The van der Waals surface area contributed by atoms with E-state index in [4.69, 9.17) is 18.6 Å². The lowest BCUT2D eigenvalue weighted by Crippen LogP contribution is -2.40. The van der Waals surface area contributed by atoms with Crippen LogP contribution >= 0.6 is 11.3 Å². The third-order valence-electron chi connectivity index (χ3n) is 7.05. The number of fused-ring (bicyclic) bond motifs is 1. The molecule has 1 saturated heterocycles. The van der Waals surface area contributed by atoms with E-state index in [1.165, 1.54) is 17.6 Å². The first-order chi connectivity index (χ1) is 18.5. The molecule has 0 saturated carbocycles. The average molecular weight is 541 g/mol. The lowest BCUT2D eigenvalue weighted by Gasteiger charge is -2.23. The topological polar surface area (TPSA) is 115 Å². The van der Waals surface area contributed by atoms with Gasteiger partial charge in [-0.3, -0.25) is 19.8 Å². The van der Waals surface area contributed by atoms with Crippen molar-refractivity contribution in [1.29, 1.82) is 0 Å². The molecule has 202 valence electrons. The van der Waals surface area contributed by atoms with E-state index in [1.807, 2.05) is 12.1 Å². The van der Waals surface area contributed by atoms with Crippen LogP contribution in [0.4, 0.5) is 5.13 Å². The molecule has 10 nitrogen and oxygen atoms in total. The standard InChI is InChI=1S/C27H32N4O6S/c1-34-17-12-21(35-2)19(22(13-17)36-3)15-31-10-9-16(14-31)28-25(32)18-6-4-8-23-24(18)29-27(38-23)30-26(33)20-7-5-11-37-20/h5,7,11-13,16,18H,4,6,8-10,14-15H2,1-3H3,(H,28,32)(H,29,30,33). The molecule has 2 N–H and O–H groups in total. The van der Waals surface area contributed by atoms with Crippen molar-refractivity contribution >= 4 is 28.3 Å². The van der Waals surface area contributed by atoms with Gasteiger partial charge in [-0.25, -0.2) is 4.98 Å². The molecule has 3 aromatic rings. The van der Waals surface area contributed by atoms with Crippen molar-refractivity contribution in [2.75, 3.05) is 39.7 Å². The smallest absolute Gasteiger partial charge is 0.293 e. The molecule has 38 heavy (non-hydrogen) atoms. The van der Waals surface area contributed by atoms with Gasteiger partial charge in [-0.2, -0.15) is 0 Å². The number of amides is 2. The van der Waals surface area contributed by atoms with Gasteiger partial charge in [-0.15, -0.1) is 11.3 Å². The molecule has 0 bridgehead atoms. The largest absolute Gasteiger partial charge is 0.496 e. The number of furan rings is 1. The van der Waals surface area contributed by atoms with Crippen LogP contribution in [0.3, 0.4) is 0 Å². The highest BCUT2D eigenvalue weighted by Gasteiger charge is 2.33. The fourth-order valence-electron chi connectivity index (χ4n) is 5.15. The highest BCUT2D eigenvalue weighted by Crippen LogP contribution is 2.38. The Morgan fingerprint density at radius 1 is 1.16 bits per heavy atom. The Hall–Kier alpha value is -3.57. The molecule has 2 aliphatic rings. The molecule has 1 aliphatic heterocycles. The van der Waals surface area contributed by atoms with E-state index < -0.39 is 0 Å². The highest BCUT2D eigenvalue weighted by atomic mass is 32.1. The van der Waals surface area contributed by atoms with Crippen molar-refractivity contribution in [3.8, 4) is 17.2 Å². The maximum Gasteiger partial charge on any atom is 0.293 e. The number of carbonyl (C=O) groups is 2. The number of benzene rings is 1. The second kappa shape index (κ2) is 11.4. The van der Waals surface area contributed by atoms with E-state index in [0.29, 0.717) is 28.9 Å². The number of likely N-dealkylation sites (tertiary alicyclic amines) is 1. The van der Waals surface area contributed by atoms with Gasteiger partial charge >= 0.3 is 0 Å². The van der Waals surface area contributed by atoms with Crippen molar-refractivity contribution in [2.45, 2.75) is 44.2 Å². The minimum absolute atomic E-state index is 0.00776. The van der Waals surface area contributed by atoms with Crippen molar-refractivity contribution in [3.63, 3.8) is 0 Å². The molecule has 2 unspecified atom stereocenters. The molecule has 2 atom stereocenters. The molecule has 1 aliphatic carbocycles. The number of aromatic nitrogens is 1. The van der Waals surface area contributed by atoms with Gasteiger partial charge in [0.15, 0.2) is 10.9 Å². The second-order valence-electron chi connectivity index (χ2n) is 9.44. The van der Waals surface area contributed by atoms with Crippen LogP contribution in [0.15, 0.2) is 34.9 Å². The van der Waals surface area contributed by atoms with Gasteiger partial charge in [-0.05, 0) is 37.8 Å². The van der Waals surface area contributed by atoms with Gasteiger partial charge in [0.1, 0.15) is 17.2 Å². The lowest BCUT2D eigenvalue weighted by atomic mass is 9.90. The first kappa shape index (κ1) is 26.1. The molecule has 0 radical (unpaired) electrons. The highest BCUT2D eigenvalue weighted by molar-refractivity contribution is 7.15. The van der Waals surface area contributed by atoms with E-state index in [2.05, 4.69) is 20.5 Å². The first-order valence-corrected chi connectivity index (χ1v) is 13.5. The summed E-state index contributed by atoms with van der Waals surface area (Å²) in [5, 5.41) is 6.54. The molecular formula is C27H32N4O6S. The van der Waals surface area contributed by atoms with Crippen molar-refractivity contribution in [3.05, 3.63) is 52.4 Å². The van der Waals surface area contributed by atoms with Crippen molar-refractivity contribution in [1.82, 2.24) is 15.2 Å². The number of ether oxygens (including phenoxy) is 3. The van der Waals surface area contributed by atoms with Gasteiger partial charge in [0.05, 0.1) is 44.8 Å². The monoisotopic (exact) mass is 540 g/mol. The maximum absolute atomic E-state index is 13.4. The Morgan fingerprint density at radius 2 is 1.95 bits per heavy atom. The summed E-state index contributed by atoms with van der Waals surface area (Å²) in [5.74, 6) is 1.64. The third-order valence-corrected chi connectivity index (χ3v) is 8.10. The number of aryl methyl sites for hydroxylation is 1. The summed E-state index contributed by atoms with van der Waals surface area (Å²) in [7, 11) is 4.88. The van der Waals surface area contributed by atoms with Crippen LogP contribution in [0, 0.1) is 0 Å². The molecule has 1 fully saturated rings. The Bertz CT molecular complexity index is 1270. The van der Waals surface area contributed by atoms with Crippen molar-refractivity contribution < 1.29 is 28.2 Å². The van der Waals surface area contributed by atoms with E-state index in [0.717, 1.165) is 54.9 Å². The summed E-state index contributed by atoms with van der Waals surface area (Å²) >= 11 is 1.43. The fraction of sp³-hybridized carbons (Fsp3) is 0.444. The molecule has 5 rings (SSSR count). The zero-order chi connectivity index (χ0) is 26.6. The van der Waals surface area contributed by atoms with E-state index in [9.17, 15) is 9.59 Å². The van der Waals surface area contributed by atoms with Crippen LogP contribution in [-0.2, 0) is 17.8 Å². The van der Waals surface area contributed by atoms with E-state index in [1.54, 1.807) is 33.5 Å². The van der Waals surface area contributed by atoms with Crippen LogP contribution in [0.1, 0.15) is 51.9 Å². The molecule has 11 heteroatoms. The van der Waals surface area contributed by atoms with Crippen LogP contribution < -0.4 is 24.8 Å². The Kier molecular flexibility index (Phi) is 7.85. The summed E-state index contributed by atoms with van der Waals surface area (Å²) in [4.78, 5) is 33.7. The normalized spacial score (nSPS) is 19.0. The Morgan fingerprint density at radius 3 is 2.63 bits per heavy atom. The Labute approximate surface area is 225 Å². The molecule has 3 heterocycles. The number of methoxy groups -OCH3 is 3. The zero-order valence-electron chi connectivity index (χ0n) is 21.7. The second-order valence-corrected chi connectivity index (χ2v) is 10.5. The molecule has 2 amide bonds. The van der Waals surface area contributed by atoms with Crippen LogP contribution in [0.2, 0.25) is 0 Å². The number of anilines is 1. The molecular weight excluding hydrogens is 508 g/mol. The SMILES string of the molecule is COc1cc(OC)c(CN2CCC(NC(=O)C3CCCc4sc(NC(=O)c5ccco5)nc43)C2)c(OC)c1. The number of rotatable bonds is 9.